The van der Waals surface area contributed by atoms with E-state index in [0.717, 1.165) is 5.56 Å². The third-order valence-corrected chi connectivity index (χ3v) is 1.17. The number of nitrogens with one attached hydrogen (secondary N) is 2. The Morgan fingerprint density at radius 1 is 1.18 bits per heavy atom. The SMILES string of the molecule is CNNC#Cc1ccccc1. The van der Waals surface area contributed by atoms with Gasteiger partial charge in [-0.25, -0.2) is 5.43 Å². The van der Waals surface area contributed by atoms with Crippen molar-refractivity contribution >= 4 is 0 Å². The number of rotatable bonds is 1. The molecule has 0 spiro atoms. The fourth-order valence-corrected chi connectivity index (χ4v) is 0.687. The normalized spacial score (nSPS) is 8.09. The van der Waals surface area contributed by atoms with Crippen molar-refractivity contribution in [1.82, 2.24) is 10.9 Å². The predicted octanol–water partition coefficient (Wildman–Crippen LogP) is 0.720. The van der Waals surface area contributed by atoms with Gasteiger partial charge in [-0.3, -0.25) is 5.43 Å². The molecule has 0 heterocycles. The summed E-state index contributed by atoms with van der Waals surface area (Å²) in [5.41, 5.74) is 6.41. The first-order valence-electron chi connectivity index (χ1n) is 3.41. The third kappa shape index (κ3) is 2.74. The quantitative estimate of drug-likeness (QED) is 0.346. The van der Waals surface area contributed by atoms with Gasteiger partial charge in [0, 0.05) is 18.7 Å². The van der Waals surface area contributed by atoms with E-state index in [0.29, 0.717) is 0 Å². The fourth-order valence-electron chi connectivity index (χ4n) is 0.687. The van der Waals surface area contributed by atoms with Gasteiger partial charge >= 0.3 is 0 Å². The van der Waals surface area contributed by atoms with E-state index in [1.54, 1.807) is 7.05 Å². The molecule has 0 radical (unpaired) electrons. The Balaban J connectivity index is 2.59. The van der Waals surface area contributed by atoms with Gasteiger partial charge < -0.3 is 0 Å². The van der Waals surface area contributed by atoms with Crippen molar-refractivity contribution in [1.29, 1.82) is 0 Å². The van der Waals surface area contributed by atoms with E-state index in [9.17, 15) is 0 Å². The van der Waals surface area contributed by atoms with Gasteiger partial charge in [-0.1, -0.05) is 18.2 Å². The second-order valence-electron chi connectivity index (χ2n) is 1.99. The molecule has 11 heavy (non-hydrogen) atoms. The second kappa shape index (κ2) is 4.37. The molecular formula is C9H10N2. The van der Waals surface area contributed by atoms with Gasteiger partial charge in [0.2, 0.25) is 0 Å². The molecule has 2 N–H and O–H groups in total. The van der Waals surface area contributed by atoms with Crippen molar-refractivity contribution in [2.45, 2.75) is 0 Å². The zero-order valence-corrected chi connectivity index (χ0v) is 6.39. The molecule has 0 aromatic heterocycles. The van der Waals surface area contributed by atoms with Crippen LogP contribution in [-0.2, 0) is 0 Å². The fraction of sp³-hybridized carbons (Fsp3) is 0.111. The topological polar surface area (TPSA) is 24.1 Å². The van der Waals surface area contributed by atoms with E-state index in [1.165, 1.54) is 0 Å². The summed E-state index contributed by atoms with van der Waals surface area (Å²) in [5, 5.41) is 0. The van der Waals surface area contributed by atoms with E-state index in [-0.39, 0.29) is 0 Å². The lowest BCUT2D eigenvalue weighted by Gasteiger charge is -1.89. The molecule has 1 rings (SSSR count). The van der Waals surface area contributed by atoms with Gasteiger partial charge in [-0.15, -0.1) is 0 Å². The monoisotopic (exact) mass is 146 g/mol. The summed E-state index contributed by atoms with van der Waals surface area (Å²) in [6.07, 6.45) is 0. The smallest absolute Gasteiger partial charge is 0.0264 e. The van der Waals surface area contributed by atoms with E-state index in [1.807, 2.05) is 30.3 Å². The summed E-state index contributed by atoms with van der Waals surface area (Å²) < 4.78 is 0. The van der Waals surface area contributed by atoms with E-state index in [4.69, 9.17) is 0 Å². The number of hydrogen-bond acceptors (Lipinski definition) is 2. The first kappa shape index (κ1) is 7.64. The van der Waals surface area contributed by atoms with E-state index in [2.05, 4.69) is 22.8 Å². The van der Waals surface area contributed by atoms with Gasteiger partial charge in [0.15, 0.2) is 0 Å². The molecule has 0 fully saturated rings. The minimum absolute atomic E-state index is 1.01. The molecule has 2 nitrogen and oxygen atoms in total. The minimum atomic E-state index is 1.01. The van der Waals surface area contributed by atoms with Crippen LogP contribution in [0.4, 0.5) is 0 Å². The Morgan fingerprint density at radius 3 is 2.55 bits per heavy atom. The second-order valence-corrected chi connectivity index (χ2v) is 1.99. The van der Waals surface area contributed by atoms with E-state index < -0.39 is 0 Å². The molecule has 0 bridgehead atoms. The number of benzene rings is 1. The average Bonchev–Trinajstić information content (AvgIpc) is 2.07. The van der Waals surface area contributed by atoms with Crippen LogP contribution < -0.4 is 10.9 Å². The molecule has 0 aliphatic heterocycles. The first-order chi connectivity index (χ1) is 5.43. The predicted molar refractivity (Wildman–Crippen MR) is 45.5 cm³/mol. The van der Waals surface area contributed by atoms with Crippen LogP contribution in [0.3, 0.4) is 0 Å². The van der Waals surface area contributed by atoms with Crippen molar-refractivity contribution in [3.05, 3.63) is 35.9 Å². The Hall–Kier alpha value is -1.46. The summed E-state index contributed by atoms with van der Waals surface area (Å²) in [6.45, 7) is 0. The molecule has 0 saturated heterocycles. The van der Waals surface area contributed by atoms with Gasteiger partial charge in [-0.2, -0.15) is 0 Å². The average molecular weight is 146 g/mol. The van der Waals surface area contributed by atoms with Crippen LogP contribution in [0.25, 0.3) is 0 Å². The van der Waals surface area contributed by atoms with Crippen molar-refractivity contribution in [3.63, 3.8) is 0 Å². The lowest BCUT2D eigenvalue weighted by molar-refractivity contribution is 0.754. The maximum Gasteiger partial charge on any atom is 0.0264 e. The molecule has 0 saturated carbocycles. The lowest BCUT2D eigenvalue weighted by Crippen LogP contribution is -2.21. The van der Waals surface area contributed by atoms with Crippen molar-refractivity contribution in [2.75, 3.05) is 7.05 Å². The molecule has 56 valence electrons. The molecular weight excluding hydrogens is 136 g/mol. The highest BCUT2D eigenvalue weighted by Gasteiger charge is 1.79. The van der Waals surface area contributed by atoms with Gasteiger partial charge in [0.05, 0.1) is 0 Å². The highest BCUT2D eigenvalue weighted by Crippen LogP contribution is 1.93. The van der Waals surface area contributed by atoms with Crippen LogP contribution in [0.2, 0.25) is 0 Å². The Bertz CT molecular complexity index is 256. The summed E-state index contributed by atoms with van der Waals surface area (Å²) in [7, 11) is 1.78. The Morgan fingerprint density at radius 2 is 1.91 bits per heavy atom. The number of hydrazine groups is 1. The van der Waals surface area contributed by atoms with Crippen molar-refractivity contribution < 1.29 is 0 Å². The maximum absolute atomic E-state index is 2.92. The zero-order valence-electron chi connectivity index (χ0n) is 6.39. The highest BCUT2D eigenvalue weighted by atomic mass is 15.3. The molecule has 0 unspecified atom stereocenters. The molecule has 0 atom stereocenters. The van der Waals surface area contributed by atoms with Gasteiger partial charge in [-0.05, 0) is 18.1 Å². The molecule has 1 aromatic rings. The standard InChI is InChI=1S/C9H10N2/c1-10-11-8-7-9-5-3-2-4-6-9/h2-6,10-11H,1H3. The summed E-state index contributed by atoms with van der Waals surface area (Å²) in [5.74, 6) is 2.92. The zero-order chi connectivity index (χ0) is 7.94. The Kier molecular flexibility index (Phi) is 3.04. The summed E-state index contributed by atoms with van der Waals surface area (Å²) >= 11 is 0. The number of hydrogen-bond donors (Lipinski definition) is 2. The summed E-state index contributed by atoms with van der Waals surface area (Å²) in [4.78, 5) is 0. The molecule has 2 heteroatoms. The van der Waals surface area contributed by atoms with Crippen molar-refractivity contribution in [3.8, 4) is 12.0 Å². The Labute approximate surface area is 66.6 Å². The van der Waals surface area contributed by atoms with E-state index >= 15 is 0 Å². The largest absolute Gasteiger partial charge is 0.281 e. The van der Waals surface area contributed by atoms with Crippen molar-refractivity contribution in [2.24, 2.45) is 0 Å². The molecule has 0 aliphatic carbocycles. The van der Waals surface area contributed by atoms with Crippen LogP contribution in [0, 0.1) is 12.0 Å². The van der Waals surface area contributed by atoms with Crippen LogP contribution in [-0.4, -0.2) is 7.05 Å². The van der Waals surface area contributed by atoms with Gasteiger partial charge in [0.25, 0.3) is 0 Å². The van der Waals surface area contributed by atoms with Crippen LogP contribution in [0.15, 0.2) is 30.3 Å². The molecule has 0 aliphatic rings. The maximum atomic E-state index is 2.92. The van der Waals surface area contributed by atoms with Crippen LogP contribution in [0.5, 0.6) is 0 Å². The van der Waals surface area contributed by atoms with Crippen LogP contribution in [0.1, 0.15) is 5.56 Å². The summed E-state index contributed by atoms with van der Waals surface area (Å²) in [6, 6.07) is 12.6. The molecule has 0 amide bonds. The third-order valence-electron chi connectivity index (χ3n) is 1.17. The highest BCUT2D eigenvalue weighted by molar-refractivity contribution is 5.32. The first-order valence-corrected chi connectivity index (χ1v) is 3.41. The minimum Gasteiger partial charge on any atom is -0.281 e. The molecule has 1 aromatic carbocycles. The van der Waals surface area contributed by atoms with Crippen LogP contribution >= 0.6 is 0 Å². The van der Waals surface area contributed by atoms with Gasteiger partial charge in [0.1, 0.15) is 0 Å². The lowest BCUT2D eigenvalue weighted by atomic mass is 10.2.